The highest BCUT2D eigenvalue weighted by Crippen LogP contribution is 2.31. The SMILES string of the molecule is Cc1ccc(Sc2ncccc2C(=O)NCCc2cccc(O)c2)c(C)c1. The van der Waals surface area contributed by atoms with Gasteiger partial charge in [0.15, 0.2) is 0 Å². The lowest BCUT2D eigenvalue weighted by molar-refractivity contribution is 0.0950. The van der Waals surface area contributed by atoms with E-state index in [-0.39, 0.29) is 11.7 Å². The molecular formula is C22H22N2O2S. The molecule has 1 heterocycles. The Morgan fingerprint density at radius 3 is 2.74 bits per heavy atom. The summed E-state index contributed by atoms with van der Waals surface area (Å²) in [5, 5.41) is 13.2. The quantitative estimate of drug-likeness (QED) is 0.662. The highest BCUT2D eigenvalue weighted by molar-refractivity contribution is 7.99. The summed E-state index contributed by atoms with van der Waals surface area (Å²) >= 11 is 1.50. The fourth-order valence-electron chi connectivity index (χ4n) is 2.79. The van der Waals surface area contributed by atoms with Crippen LogP contribution in [0.15, 0.2) is 70.7 Å². The number of aromatic hydroxyl groups is 1. The number of hydrogen-bond donors (Lipinski definition) is 2. The van der Waals surface area contributed by atoms with E-state index in [1.54, 1.807) is 36.5 Å². The zero-order valence-electron chi connectivity index (χ0n) is 15.4. The highest BCUT2D eigenvalue weighted by Gasteiger charge is 2.14. The van der Waals surface area contributed by atoms with Gasteiger partial charge in [0.1, 0.15) is 10.8 Å². The smallest absolute Gasteiger partial charge is 0.254 e. The maximum Gasteiger partial charge on any atom is 0.254 e. The Morgan fingerprint density at radius 2 is 1.96 bits per heavy atom. The van der Waals surface area contributed by atoms with E-state index in [9.17, 15) is 9.90 Å². The van der Waals surface area contributed by atoms with E-state index in [4.69, 9.17) is 0 Å². The molecule has 1 amide bonds. The van der Waals surface area contributed by atoms with Crippen molar-refractivity contribution in [1.29, 1.82) is 0 Å². The van der Waals surface area contributed by atoms with Gasteiger partial charge >= 0.3 is 0 Å². The molecule has 0 bridgehead atoms. The maximum atomic E-state index is 12.6. The number of carbonyl (C=O) groups is 1. The van der Waals surface area contributed by atoms with Crippen molar-refractivity contribution in [3.05, 3.63) is 83.0 Å². The molecule has 5 heteroatoms. The molecule has 1 aromatic heterocycles. The summed E-state index contributed by atoms with van der Waals surface area (Å²) in [5.74, 6) is 0.0914. The van der Waals surface area contributed by atoms with E-state index in [1.165, 1.54) is 22.9 Å². The Kier molecular flexibility index (Phi) is 6.14. The Hall–Kier alpha value is -2.79. The summed E-state index contributed by atoms with van der Waals surface area (Å²) in [4.78, 5) is 18.1. The molecule has 27 heavy (non-hydrogen) atoms. The molecule has 2 N–H and O–H groups in total. The molecule has 0 fully saturated rings. The first kappa shape index (κ1) is 19.0. The van der Waals surface area contributed by atoms with Crippen LogP contribution in [0.2, 0.25) is 0 Å². The molecule has 0 radical (unpaired) electrons. The predicted octanol–water partition coefficient (Wildman–Crippen LogP) is 4.53. The van der Waals surface area contributed by atoms with Crippen molar-refractivity contribution in [2.24, 2.45) is 0 Å². The minimum absolute atomic E-state index is 0.143. The number of benzene rings is 2. The lowest BCUT2D eigenvalue weighted by atomic mass is 10.1. The van der Waals surface area contributed by atoms with Crippen LogP contribution in [0, 0.1) is 13.8 Å². The second kappa shape index (κ2) is 8.73. The van der Waals surface area contributed by atoms with Crippen LogP contribution in [0.1, 0.15) is 27.0 Å². The van der Waals surface area contributed by atoms with Crippen molar-refractivity contribution in [1.82, 2.24) is 10.3 Å². The van der Waals surface area contributed by atoms with Gasteiger partial charge in [0.2, 0.25) is 0 Å². The molecular weight excluding hydrogens is 356 g/mol. The number of aromatic nitrogens is 1. The third kappa shape index (κ3) is 5.11. The molecule has 0 aliphatic carbocycles. The number of aryl methyl sites for hydroxylation is 2. The molecule has 0 atom stereocenters. The van der Waals surface area contributed by atoms with Crippen molar-refractivity contribution in [2.75, 3.05) is 6.54 Å². The van der Waals surface area contributed by atoms with E-state index in [1.807, 2.05) is 6.07 Å². The number of pyridine rings is 1. The number of rotatable bonds is 6. The summed E-state index contributed by atoms with van der Waals surface area (Å²) in [6, 6.07) is 16.9. The van der Waals surface area contributed by atoms with Crippen LogP contribution in [-0.4, -0.2) is 22.5 Å². The first-order valence-electron chi connectivity index (χ1n) is 8.79. The summed E-state index contributed by atoms with van der Waals surface area (Å²) in [6.45, 7) is 4.62. The molecule has 0 spiro atoms. The van der Waals surface area contributed by atoms with Gasteiger partial charge in [-0.2, -0.15) is 0 Å². The number of hydrogen-bond acceptors (Lipinski definition) is 4. The lowest BCUT2D eigenvalue weighted by Gasteiger charge is -2.11. The Labute approximate surface area is 163 Å². The first-order chi connectivity index (χ1) is 13.0. The van der Waals surface area contributed by atoms with Crippen LogP contribution in [0.3, 0.4) is 0 Å². The van der Waals surface area contributed by atoms with Crippen LogP contribution in [0.4, 0.5) is 0 Å². The Morgan fingerprint density at radius 1 is 1.11 bits per heavy atom. The summed E-state index contributed by atoms with van der Waals surface area (Å²) < 4.78 is 0. The van der Waals surface area contributed by atoms with E-state index in [2.05, 4.69) is 42.3 Å². The largest absolute Gasteiger partial charge is 0.508 e. The number of carbonyl (C=O) groups excluding carboxylic acids is 1. The van der Waals surface area contributed by atoms with Gasteiger partial charge in [-0.1, -0.05) is 41.6 Å². The lowest BCUT2D eigenvalue weighted by Crippen LogP contribution is -2.26. The molecule has 0 unspecified atom stereocenters. The third-order valence-corrected chi connectivity index (χ3v) is 5.36. The van der Waals surface area contributed by atoms with E-state index in [0.717, 1.165) is 10.5 Å². The van der Waals surface area contributed by atoms with Crippen LogP contribution in [0.5, 0.6) is 5.75 Å². The molecule has 0 saturated heterocycles. The van der Waals surface area contributed by atoms with Crippen molar-refractivity contribution < 1.29 is 9.90 Å². The second-order valence-corrected chi connectivity index (χ2v) is 7.43. The number of amides is 1. The van der Waals surface area contributed by atoms with Gasteiger partial charge in [-0.3, -0.25) is 4.79 Å². The average Bonchev–Trinajstić information content (AvgIpc) is 2.64. The van der Waals surface area contributed by atoms with Crippen molar-refractivity contribution in [3.8, 4) is 5.75 Å². The number of phenolic OH excluding ortho intramolecular Hbond substituents is 1. The summed E-state index contributed by atoms with van der Waals surface area (Å²) in [6.07, 6.45) is 2.36. The summed E-state index contributed by atoms with van der Waals surface area (Å²) in [7, 11) is 0. The molecule has 0 aliphatic heterocycles. The Bertz CT molecular complexity index is 957. The zero-order chi connectivity index (χ0) is 19.2. The number of nitrogens with zero attached hydrogens (tertiary/aromatic N) is 1. The van der Waals surface area contributed by atoms with Gasteiger partial charge in [-0.15, -0.1) is 0 Å². The first-order valence-corrected chi connectivity index (χ1v) is 9.61. The molecule has 138 valence electrons. The van der Waals surface area contributed by atoms with Gasteiger partial charge < -0.3 is 10.4 Å². The monoisotopic (exact) mass is 378 g/mol. The van der Waals surface area contributed by atoms with Crippen LogP contribution < -0.4 is 5.32 Å². The van der Waals surface area contributed by atoms with Gasteiger partial charge in [-0.05, 0) is 61.7 Å². The molecule has 2 aromatic carbocycles. The van der Waals surface area contributed by atoms with Crippen LogP contribution >= 0.6 is 11.8 Å². The van der Waals surface area contributed by atoms with E-state index in [0.29, 0.717) is 23.6 Å². The highest BCUT2D eigenvalue weighted by atomic mass is 32.2. The van der Waals surface area contributed by atoms with Gasteiger partial charge in [0.25, 0.3) is 5.91 Å². The molecule has 3 rings (SSSR count). The Balaban J connectivity index is 1.68. The van der Waals surface area contributed by atoms with Crippen LogP contribution in [0.25, 0.3) is 0 Å². The molecule has 3 aromatic rings. The predicted molar refractivity (Wildman–Crippen MR) is 108 cm³/mol. The minimum atomic E-state index is -0.143. The topological polar surface area (TPSA) is 62.2 Å². The molecule has 0 saturated carbocycles. The minimum Gasteiger partial charge on any atom is -0.508 e. The third-order valence-electron chi connectivity index (χ3n) is 4.16. The molecule has 0 aliphatic rings. The fourth-order valence-corrected chi connectivity index (χ4v) is 3.74. The van der Waals surface area contributed by atoms with E-state index < -0.39 is 0 Å². The number of phenols is 1. The second-order valence-electron chi connectivity index (χ2n) is 6.40. The van der Waals surface area contributed by atoms with Crippen molar-refractivity contribution in [3.63, 3.8) is 0 Å². The maximum absolute atomic E-state index is 12.6. The van der Waals surface area contributed by atoms with Crippen LogP contribution in [-0.2, 0) is 6.42 Å². The zero-order valence-corrected chi connectivity index (χ0v) is 16.2. The van der Waals surface area contributed by atoms with Gasteiger partial charge in [0.05, 0.1) is 5.56 Å². The standard InChI is InChI=1S/C22H22N2O2S/c1-15-8-9-20(16(2)13-15)27-22-19(7-4-11-24-22)21(26)23-12-10-17-5-3-6-18(25)14-17/h3-9,11,13-14,25H,10,12H2,1-2H3,(H,23,26). The molecule has 4 nitrogen and oxygen atoms in total. The van der Waals surface area contributed by atoms with Gasteiger partial charge in [-0.25, -0.2) is 4.98 Å². The van der Waals surface area contributed by atoms with E-state index >= 15 is 0 Å². The average molecular weight is 378 g/mol. The van der Waals surface area contributed by atoms with Gasteiger partial charge in [0, 0.05) is 17.6 Å². The fraction of sp³-hybridized carbons (Fsp3) is 0.182. The number of nitrogens with one attached hydrogen (secondary N) is 1. The summed E-state index contributed by atoms with van der Waals surface area (Å²) in [5.41, 5.74) is 3.92. The normalized spacial score (nSPS) is 10.6. The van der Waals surface area contributed by atoms with Crippen molar-refractivity contribution in [2.45, 2.75) is 30.2 Å². The van der Waals surface area contributed by atoms with Crippen molar-refractivity contribution >= 4 is 17.7 Å².